The molecule has 0 amide bonds. The smallest absolute Gasteiger partial charge is 0.134 e. The summed E-state index contributed by atoms with van der Waals surface area (Å²) in [5.41, 5.74) is 0.951. The van der Waals surface area contributed by atoms with E-state index in [9.17, 15) is 0 Å². The molecule has 0 atom stereocenters. The molecule has 0 saturated heterocycles. The molecule has 0 bridgehead atoms. The van der Waals surface area contributed by atoms with Gasteiger partial charge in [-0.2, -0.15) is 0 Å². The Labute approximate surface area is 93.1 Å². The largest absolute Gasteiger partial charge is 0.461 e. The van der Waals surface area contributed by atoms with Gasteiger partial charge in [0, 0.05) is 17.0 Å². The van der Waals surface area contributed by atoms with Gasteiger partial charge in [-0.05, 0) is 24.3 Å². The molecule has 0 aliphatic heterocycles. The molecule has 2 aromatic rings. The molecule has 0 spiro atoms. The molecular weight excluding hydrogens is 212 g/mol. The standard InChI is InChI=1S/C12H11ClO2/c13-10-3-1-2-9(8-10)12-5-4-11(15-12)6-7-14/h1-5,8,14H,6-7H2. The second kappa shape index (κ2) is 4.51. The van der Waals surface area contributed by atoms with Crippen LogP contribution in [0.15, 0.2) is 40.8 Å². The van der Waals surface area contributed by atoms with Gasteiger partial charge in [-0.1, -0.05) is 23.7 Å². The van der Waals surface area contributed by atoms with Crippen molar-refractivity contribution < 1.29 is 9.52 Å². The monoisotopic (exact) mass is 222 g/mol. The Morgan fingerprint density at radius 1 is 1.20 bits per heavy atom. The van der Waals surface area contributed by atoms with Gasteiger partial charge in [0.1, 0.15) is 11.5 Å². The minimum absolute atomic E-state index is 0.0997. The van der Waals surface area contributed by atoms with Gasteiger partial charge in [-0.15, -0.1) is 0 Å². The van der Waals surface area contributed by atoms with Crippen LogP contribution in [-0.4, -0.2) is 11.7 Å². The molecule has 15 heavy (non-hydrogen) atoms. The van der Waals surface area contributed by atoms with Gasteiger partial charge < -0.3 is 9.52 Å². The average molecular weight is 223 g/mol. The second-order valence-corrected chi connectivity index (χ2v) is 3.69. The van der Waals surface area contributed by atoms with Crippen molar-refractivity contribution in [2.75, 3.05) is 6.61 Å². The van der Waals surface area contributed by atoms with Crippen LogP contribution in [0.5, 0.6) is 0 Å². The van der Waals surface area contributed by atoms with Crippen LogP contribution in [0.2, 0.25) is 5.02 Å². The number of hydrogen-bond donors (Lipinski definition) is 1. The first-order chi connectivity index (χ1) is 7.29. The highest BCUT2D eigenvalue weighted by molar-refractivity contribution is 6.30. The number of aliphatic hydroxyl groups excluding tert-OH is 1. The number of aliphatic hydroxyl groups is 1. The van der Waals surface area contributed by atoms with Crippen molar-refractivity contribution in [3.05, 3.63) is 47.2 Å². The minimum Gasteiger partial charge on any atom is -0.461 e. The van der Waals surface area contributed by atoms with E-state index < -0.39 is 0 Å². The average Bonchev–Trinajstić information content (AvgIpc) is 2.67. The normalized spacial score (nSPS) is 10.5. The predicted molar refractivity (Wildman–Crippen MR) is 59.9 cm³/mol. The molecule has 1 aromatic heterocycles. The molecule has 0 unspecified atom stereocenters. The highest BCUT2D eigenvalue weighted by Gasteiger charge is 2.04. The van der Waals surface area contributed by atoms with E-state index in [4.69, 9.17) is 21.1 Å². The molecule has 0 fully saturated rings. The summed E-state index contributed by atoms with van der Waals surface area (Å²) in [7, 11) is 0. The summed E-state index contributed by atoms with van der Waals surface area (Å²) in [6, 6.07) is 11.2. The third-order valence-corrected chi connectivity index (χ3v) is 2.36. The van der Waals surface area contributed by atoms with Crippen LogP contribution in [0, 0.1) is 0 Å². The van der Waals surface area contributed by atoms with Gasteiger partial charge >= 0.3 is 0 Å². The van der Waals surface area contributed by atoms with Crippen LogP contribution in [0.4, 0.5) is 0 Å². The lowest BCUT2D eigenvalue weighted by Crippen LogP contribution is -1.86. The Hall–Kier alpha value is -1.25. The van der Waals surface area contributed by atoms with Crippen molar-refractivity contribution >= 4 is 11.6 Å². The highest BCUT2D eigenvalue weighted by Crippen LogP contribution is 2.24. The zero-order valence-corrected chi connectivity index (χ0v) is 8.87. The van der Waals surface area contributed by atoms with Crippen LogP contribution in [0.1, 0.15) is 5.76 Å². The van der Waals surface area contributed by atoms with Gasteiger partial charge in [0.05, 0.1) is 6.61 Å². The summed E-state index contributed by atoms with van der Waals surface area (Å²) < 4.78 is 5.55. The first-order valence-electron chi connectivity index (χ1n) is 4.75. The van der Waals surface area contributed by atoms with Crippen LogP contribution in [-0.2, 0) is 6.42 Å². The lowest BCUT2D eigenvalue weighted by Gasteiger charge is -1.97. The quantitative estimate of drug-likeness (QED) is 0.866. The Morgan fingerprint density at radius 3 is 2.80 bits per heavy atom. The molecule has 1 N–H and O–H groups in total. The Balaban J connectivity index is 2.29. The maximum Gasteiger partial charge on any atom is 0.134 e. The van der Waals surface area contributed by atoms with Gasteiger partial charge in [0.25, 0.3) is 0 Å². The summed E-state index contributed by atoms with van der Waals surface area (Å²) in [5.74, 6) is 1.56. The summed E-state index contributed by atoms with van der Waals surface area (Å²) >= 11 is 5.88. The third kappa shape index (κ3) is 2.41. The van der Waals surface area contributed by atoms with E-state index in [1.807, 2.05) is 36.4 Å². The van der Waals surface area contributed by atoms with E-state index in [1.165, 1.54) is 0 Å². The zero-order valence-electron chi connectivity index (χ0n) is 8.11. The molecule has 0 aliphatic carbocycles. The summed E-state index contributed by atoms with van der Waals surface area (Å²) in [6.45, 7) is 0.0997. The van der Waals surface area contributed by atoms with Crippen LogP contribution < -0.4 is 0 Å². The number of benzene rings is 1. The van der Waals surface area contributed by atoms with Gasteiger partial charge in [0.15, 0.2) is 0 Å². The number of rotatable bonds is 3. The fourth-order valence-electron chi connectivity index (χ4n) is 1.42. The SMILES string of the molecule is OCCc1ccc(-c2cccc(Cl)c2)o1. The molecule has 0 saturated carbocycles. The molecule has 1 aromatic carbocycles. The van der Waals surface area contributed by atoms with Crippen molar-refractivity contribution in [1.29, 1.82) is 0 Å². The first-order valence-corrected chi connectivity index (χ1v) is 5.13. The topological polar surface area (TPSA) is 33.4 Å². The first kappa shape index (κ1) is 10.3. The molecule has 2 nitrogen and oxygen atoms in total. The van der Waals surface area contributed by atoms with Crippen LogP contribution in [0.3, 0.4) is 0 Å². The summed E-state index contributed by atoms with van der Waals surface area (Å²) in [5, 5.41) is 9.45. The fourth-order valence-corrected chi connectivity index (χ4v) is 1.61. The molecule has 78 valence electrons. The molecular formula is C12H11ClO2. The number of furan rings is 1. The number of hydrogen-bond acceptors (Lipinski definition) is 2. The fraction of sp³-hybridized carbons (Fsp3) is 0.167. The molecule has 0 radical (unpaired) electrons. The second-order valence-electron chi connectivity index (χ2n) is 3.25. The summed E-state index contributed by atoms with van der Waals surface area (Å²) in [6.07, 6.45) is 0.542. The van der Waals surface area contributed by atoms with Gasteiger partial charge in [-0.3, -0.25) is 0 Å². The van der Waals surface area contributed by atoms with Crippen molar-refractivity contribution in [2.24, 2.45) is 0 Å². The van der Waals surface area contributed by atoms with Crippen LogP contribution in [0.25, 0.3) is 11.3 Å². The van der Waals surface area contributed by atoms with Gasteiger partial charge in [-0.25, -0.2) is 0 Å². The minimum atomic E-state index is 0.0997. The Morgan fingerprint density at radius 2 is 2.07 bits per heavy atom. The van der Waals surface area contributed by atoms with Crippen molar-refractivity contribution in [3.8, 4) is 11.3 Å². The van der Waals surface area contributed by atoms with Crippen molar-refractivity contribution in [3.63, 3.8) is 0 Å². The predicted octanol–water partition coefficient (Wildman–Crippen LogP) is 3.13. The third-order valence-electron chi connectivity index (χ3n) is 2.13. The maximum absolute atomic E-state index is 8.76. The number of halogens is 1. The van der Waals surface area contributed by atoms with Crippen molar-refractivity contribution in [2.45, 2.75) is 6.42 Å². The summed E-state index contributed by atoms with van der Waals surface area (Å²) in [4.78, 5) is 0. The lowest BCUT2D eigenvalue weighted by atomic mass is 10.2. The molecule has 2 rings (SSSR count). The Kier molecular flexibility index (Phi) is 3.09. The van der Waals surface area contributed by atoms with E-state index >= 15 is 0 Å². The lowest BCUT2D eigenvalue weighted by molar-refractivity contribution is 0.288. The highest BCUT2D eigenvalue weighted by atomic mass is 35.5. The van der Waals surface area contributed by atoms with Crippen molar-refractivity contribution in [1.82, 2.24) is 0 Å². The zero-order chi connectivity index (χ0) is 10.7. The maximum atomic E-state index is 8.76. The molecule has 3 heteroatoms. The molecule has 1 heterocycles. The Bertz CT molecular complexity index is 448. The van der Waals surface area contributed by atoms with E-state index in [2.05, 4.69) is 0 Å². The van der Waals surface area contributed by atoms with E-state index in [1.54, 1.807) is 0 Å². The van der Waals surface area contributed by atoms with Crippen LogP contribution >= 0.6 is 11.6 Å². The molecule has 0 aliphatic rings. The van der Waals surface area contributed by atoms with E-state index in [-0.39, 0.29) is 6.61 Å². The van der Waals surface area contributed by atoms with E-state index in [0.717, 1.165) is 17.1 Å². The van der Waals surface area contributed by atoms with Gasteiger partial charge in [0.2, 0.25) is 0 Å². The van der Waals surface area contributed by atoms with E-state index in [0.29, 0.717) is 11.4 Å².